The molecule has 5 rings (SSSR count). The van der Waals surface area contributed by atoms with E-state index in [1.165, 1.54) is 72.4 Å². The quantitative estimate of drug-likeness (QED) is 0.393. The average Bonchev–Trinajstić information content (AvgIpc) is 2.81. The van der Waals surface area contributed by atoms with E-state index in [1.807, 2.05) is 6.08 Å². The van der Waals surface area contributed by atoms with Gasteiger partial charge in [-0.15, -0.1) is 0 Å². The van der Waals surface area contributed by atoms with Crippen LogP contribution >= 0.6 is 0 Å². The largest absolute Gasteiger partial charge is 0.0985 e. The van der Waals surface area contributed by atoms with Gasteiger partial charge in [0.2, 0.25) is 0 Å². The van der Waals surface area contributed by atoms with Crippen molar-refractivity contribution in [3.05, 3.63) is 118 Å². The molecule has 38 heavy (non-hydrogen) atoms. The number of hydrogen-bond donors (Lipinski definition) is 0. The Morgan fingerprint density at radius 2 is 1.58 bits per heavy atom. The average molecular weight is 501 g/mol. The van der Waals surface area contributed by atoms with Gasteiger partial charge in [-0.05, 0) is 132 Å². The Balaban J connectivity index is 1.76. The first kappa shape index (κ1) is 26.5. The highest BCUT2D eigenvalue weighted by Gasteiger charge is 2.59. The van der Waals surface area contributed by atoms with Gasteiger partial charge < -0.3 is 0 Å². The lowest BCUT2D eigenvalue weighted by molar-refractivity contribution is 0.0544. The third-order valence-electron chi connectivity index (χ3n) is 10.6. The molecule has 0 heteroatoms. The Morgan fingerprint density at radius 1 is 0.921 bits per heavy atom. The molecule has 0 heterocycles. The molecular weight excluding hydrogens is 456 g/mol. The highest BCUT2D eigenvalue weighted by Crippen LogP contribution is 2.70. The molecule has 0 saturated carbocycles. The first-order valence-electron chi connectivity index (χ1n) is 14.0. The van der Waals surface area contributed by atoms with Crippen molar-refractivity contribution in [2.45, 2.75) is 74.7 Å². The predicted octanol–water partition coefficient (Wildman–Crippen LogP) is 10.8. The molecule has 0 unspecified atom stereocenters. The van der Waals surface area contributed by atoms with E-state index in [2.05, 4.69) is 98.9 Å². The number of hydrogen-bond acceptors (Lipinski definition) is 0. The normalized spacial score (nSPS) is 28.6. The smallest absolute Gasteiger partial charge is 0.0194 e. The van der Waals surface area contributed by atoms with Gasteiger partial charge in [-0.2, -0.15) is 0 Å². The monoisotopic (exact) mass is 500 g/mol. The van der Waals surface area contributed by atoms with Crippen LogP contribution in [0.5, 0.6) is 0 Å². The van der Waals surface area contributed by atoms with Gasteiger partial charge in [-0.25, -0.2) is 0 Å². The molecule has 0 aliphatic heterocycles. The summed E-state index contributed by atoms with van der Waals surface area (Å²) in [6.45, 7) is 36.6. The van der Waals surface area contributed by atoms with Crippen LogP contribution in [0.25, 0.3) is 22.8 Å². The second-order valence-corrected chi connectivity index (χ2v) is 13.2. The minimum absolute atomic E-state index is 0.0121. The maximum Gasteiger partial charge on any atom is 0.0194 e. The summed E-state index contributed by atoms with van der Waals surface area (Å²) in [6, 6.07) is 11.4. The number of benzene rings is 2. The van der Waals surface area contributed by atoms with Crippen LogP contribution in [0, 0.1) is 30.1 Å². The van der Waals surface area contributed by atoms with Crippen molar-refractivity contribution < 1.29 is 0 Å². The van der Waals surface area contributed by atoms with Gasteiger partial charge in [0, 0.05) is 5.41 Å². The van der Waals surface area contributed by atoms with E-state index in [1.54, 1.807) is 0 Å². The summed E-state index contributed by atoms with van der Waals surface area (Å²) in [5, 5.41) is 0. The standard InChI is InChI=1S/C38H44/c1-13-29-18-30(16-14-23(29)4)31-17-15-24(5)34-26(7)35-28(9)38(12)27(8)33(22(2)3)25(6)19-37(38,11)21-36(35,10)20-32(31)34/h13-18H,1-2,7-8,19-21H2,3-6,9-12H3/t36-,37+,38-/m1/s1. The number of aryl methyl sites for hydroxylation is 2. The first-order valence-corrected chi connectivity index (χ1v) is 14.0. The van der Waals surface area contributed by atoms with E-state index in [-0.39, 0.29) is 16.2 Å². The lowest BCUT2D eigenvalue weighted by atomic mass is 9.41. The van der Waals surface area contributed by atoms with Gasteiger partial charge >= 0.3 is 0 Å². The topological polar surface area (TPSA) is 0 Å². The summed E-state index contributed by atoms with van der Waals surface area (Å²) < 4.78 is 0. The third kappa shape index (κ3) is 3.35. The SMILES string of the molecule is C=Cc1cc(-c2ccc(C)c3c2C[C@]2(C)C[C@]4(C)CC(C)=C(C(=C)C)C(=C)[C@]4(C)C(C)=C2C3=C)ccc1C. The molecule has 0 radical (unpaired) electrons. The maximum absolute atomic E-state index is 4.83. The molecule has 2 aromatic carbocycles. The van der Waals surface area contributed by atoms with E-state index in [4.69, 9.17) is 13.2 Å². The fraction of sp³-hybridized carbons (Fsp3) is 0.368. The fourth-order valence-corrected chi connectivity index (χ4v) is 8.84. The summed E-state index contributed by atoms with van der Waals surface area (Å²) >= 11 is 0. The molecule has 3 aliphatic rings. The van der Waals surface area contributed by atoms with Crippen LogP contribution in [-0.4, -0.2) is 0 Å². The molecule has 0 aromatic heterocycles. The molecule has 3 atom stereocenters. The Bertz CT molecular complexity index is 1530. The zero-order valence-electron chi connectivity index (χ0n) is 24.9. The fourth-order valence-electron chi connectivity index (χ4n) is 8.84. The van der Waals surface area contributed by atoms with Crippen LogP contribution in [0.1, 0.15) is 82.2 Å². The molecule has 0 bridgehead atoms. The Kier molecular flexibility index (Phi) is 5.88. The molecular formula is C38H44. The molecule has 0 nitrogen and oxygen atoms in total. The predicted molar refractivity (Wildman–Crippen MR) is 167 cm³/mol. The van der Waals surface area contributed by atoms with Crippen LogP contribution in [0.2, 0.25) is 0 Å². The van der Waals surface area contributed by atoms with E-state index in [9.17, 15) is 0 Å². The summed E-state index contributed by atoms with van der Waals surface area (Å²) in [7, 11) is 0. The molecule has 2 aromatic rings. The van der Waals surface area contributed by atoms with Crippen LogP contribution in [-0.2, 0) is 6.42 Å². The molecule has 0 saturated heterocycles. The van der Waals surface area contributed by atoms with Crippen LogP contribution in [0.15, 0.2) is 90.1 Å². The lowest BCUT2D eigenvalue weighted by Crippen LogP contribution is -2.52. The van der Waals surface area contributed by atoms with Gasteiger partial charge in [0.15, 0.2) is 0 Å². The highest BCUT2D eigenvalue weighted by atomic mass is 14.6. The van der Waals surface area contributed by atoms with Crippen molar-refractivity contribution in [2.75, 3.05) is 0 Å². The van der Waals surface area contributed by atoms with Gasteiger partial charge in [0.05, 0.1) is 0 Å². The van der Waals surface area contributed by atoms with Crippen molar-refractivity contribution >= 4 is 11.6 Å². The van der Waals surface area contributed by atoms with Gasteiger partial charge in [0.1, 0.15) is 0 Å². The number of fused-ring (bicyclic) bond motifs is 3. The lowest BCUT2D eigenvalue weighted by Gasteiger charge is -2.62. The van der Waals surface area contributed by atoms with Crippen molar-refractivity contribution in [1.29, 1.82) is 0 Å². The van der Waals surface area contributed by atoms with Crippen molar-refractivity contribution in [3.63, 3.8) is 0 Å². The van der Waals surface area contributed by atoms with E-state index in [0.29, 0.717) is 0 Å². The van der Waals surface area contributed by atoms with Crippen molar-refractivity contribution in [3.8, 4) is 11.1 Å². The van der Waals surface area contributed by atoms with E-state index < -0.39 is 0 Å². The van der Waals surface area contributed by atoms with Crippen molar-refractivity contribution in [2.24, 2.45) is 16.2 Å². The second-order valence-electron chi connectivity index (χ2n) is 13.2. The van der Waals surface area contributed by atoms with Crippen molar-refractivity contribution in [1.82, 2.24) is 0 Å². The molecule has 3 aliphatic carbocycles. The molecule has 0 N–H and O–H groups in total. The van der Waals surface area contributed by atoms with Crippen LogP contribution < -0.4 is 0 Å². The summed E-state index contributed by atoms with van der Waals surface area (Å²) in [5.41, 5.74) is 18.4. The number of rotatable bonds is 3. The van der Waals surface area contributed by atoms with Crippen LogP contribution in [0.3, 0.4) is 0 Å². The zero-order chi connectivity index (χ0) is 27.9. The van der Waals surface area contributed by atoms with Gasteiger partial charge in [0.25, 0.3) is 0 Å². The van der Waals surface area contributed by atoms with E-state index >= 15 is 0 Å². The molecule has 0 amide bonds. The minimum atomic E-state index is -0.128. The molecule has 196 valence electrons. The number of allylic oxidation sites excluding steroid dienone is 7. The Labute approximate surface area is 231 Å². The van der Waals surface area contributed by atoms with Gasteiger partial charge in [-0.1, -0.05) is 94.1 Å². The summed E-state index contributed by atoms with van der Waals surface area (Å²) in [5.74, 6) is 0. The third-order valence-corrected chi connectivity index (χ3v) is 10.6. The maximum atomic E-state index is 4.83. The first-order chi connectivity index (χ1) is 17.7. The Morgan fingerprint density at radius 3 is 2.21 bits per heavy atom. The molecule has 0 fully saturated rings. The summed E-state index contributed by atoms with van der Waals surface area (Å²) in [4.78, 5) is 0. The second kappa shape index (κ2) is 8.44. The summed E-state index contributed by atoms with van der Waals surface area (Å²) in [6.07, 6.45) is 5.18. The Hall–Kier alpha value is -3.12. The highest BCUT2D eigenvalue weighted by molar-refractivity contribution is 5.90. The molecule has 0 spiro atoms. The van der Waals surface area contributed by atoms with E-state index in [0.717, 1.165) is 24.8 Å². The minimum Gasteiger partial charge on any atom is -0.0985 e. The zero-order valence-corrected chi connectivity index (χ0v) is 24.9. The van der Waals surface area contributed by atoms with Crippen LogP contribution in [0.4, 0.5) is 0 Å². The van der Waals surface area contributed by atoms with Gasteiger partial charge in [-0.3, -0.25) is 0 Å².